The summed E-state index contributed by atoms with van der Waals surface area (Å²) in [4.78, 5) is 11.2. The lowest BCUT2D eigenvalue weighted by Crippen LogP contribution is -2.24. The molecule has 2 aromatic rings. The Morgan fingerprint density at radius 1 is 1.43 bits per heavy atom. The van der Waals surface area contributed by atoms with Gasteiger partial charge in [-0.1, -0.05) is 23.0 Å². The molecule has 0 fully saturated rings. The second kappa shape index (κ2) is 10.3. The molecule has 1 aromatic carbocycles. The molecule has 1 heterocycles. The summed E-state index contributed by atoms with van der Waals surface area (Å²) < 4.78 is 43.7. The number of benzene rings is 1. The Hall–Kier alpha value is -3.07. The first-order valence-corrected chi connectivity index (χ1v) is 8.81. The molecule has 0 aliphatic carbocycles. The predicted octanol–water partition coefficient (Wildman–Crippen LogP) is 2.69. The van der Waals surface area contributed by atoms with Crippen molar-refractivity contribution < 1.29 is 27.8 Å². The molecule has 0 spiro atoms. The van der Waals surface area contributed by atoms with Crippen LogP contribution in [0.3, 0.4) is 0 Å². The van der Waals surface area contributed by atoms with Gasteiger partial charge in [0, 0.05) is 18.7 Å². The molecule has 0 bridgehead atoms. The quantitative estimate of drug-likeness (QED) is 0.213. The minimum Gasteiger partial charge on any atom is -0.411 e. The summed E-state index contributed by atoms with van der Waals surface area (Å²) in [5, 5.41) is 30.9. The van der Waals surface area contributed by atoms with Crippen LogP contribution in [0.5, 0.6) is 0 Å². The van der Waals surface area contributed by atoms with Gasteiger partial charge in [-0.3, -0.25) is 4.79 Å². The molecule has 0 saturated carbocycles. The highest BCUT2D eigenvalue weighted by atomic mass is 32.2. The van der Waals surface area contributed by atoms with Crippen molar-refractivity contribution in [1.82, 2.24) is 15.6 Å². The van der Waals surface area contributed by atoms with Crippen molar-refractivity contribution in [2.24, 2.45) is 5.16 Å². The Balaban J connectivity index is 2.04. The Kier molecular flexibility index (Phi) is 7.82. The minimum absolute atomic E-state index is 0.0101. The number of nitrogens with zero attached hydrogens (tertiary/aromatic N) is 4. The van der Waals surface area contributed by atoms with Gasteiger partial charge in [-0.05, 0) is 28.0 Å². The van der Waals surface area contributed by atoms with Crippen molar-refractivity contribution in [3.63, 3.8) is 0 Å². The van der Waals surface area contributed by atoms with Crippen LogP contribution in [0.2, 0.25) is 0 Å². The topological polar surface area (TPSA) is 124 Å². The van der Waals surface area contributed by atoms with Gasteiger partial charge in [-0.2, -0.15) is 5.26 Å². The maximum atomic E-state index is 13.4. The number of hydrogen-bond donors (Lipinski definition) is 2. The average molecular weight is 413 g/mol. The van der Waals surface area contributed by atoms with Gasteiger partial charge in [0.05, 0.1) is 11.6 Å². The molecule has 0 aliphatic heterocycles. The van der Waals surface area contributed by atoms with Crippen molar-refractivity contribution in [2.75, 3.05) is 12.3 Å². The maximum absolute atomic E-state index is 13.4. The molecular weight excluding hydrogens is 399 g/mol. The number of oxime groups is 1. The van der Waals surface area contributed by atoms with E-state index >= 15 is 0 Å². The fourth-order valence-electron chi connectivity index (χ4n) is 2.15. The SMILES string of the molecule is N#CCC(=O)NCCSc1nonc1C(Cc1ccc(F)c(C(F)F)c1)=NO. The van der Waals surface area contributed by atoms with Crippen LogP contribution in [-0.4, -0.2) is 39.4 Å². The molecule has 8 nitrogen and oxygen atoms in total. The first-order valence-electron chi connectivity index (χ1n) is 7.83. The molecule has 0 atom stereocenters. The van der Waals surface area contributed by atoms with Crippen LogP contribution in [0.25, 0.3) is 0 Å². The Bertz CT molecular complexity index is 898. The van der Waals surface area contributed by atoms with Crippen LogP contribution in [0, 0.1) is 17.1 Å². The van der Waals surface area contributed by atoms with E-state index < -0.39 is 23.7 Å². The van der Waals surface area contributed by atoms with Crippen LogP contribution in [0.15, 0.2) is 33.0 Å². The maximum Gasteiger partial charge on any atom is 0.266 e. The first-order chi connectivity index (χ1) is 13.5. The van der Waals surface area contributed by atoms with Gasteiger partial charge in [0.1, 0.15) is 17.9 Å². The number of thioether (sulfide) groups is 1. The molecule has 1 amide bonds. The highest BCUT2D eigenvalue weighted by Crippen LogP contribution is 2.25. The molecule has 2 rings (SSSR count). The molecule has 2 N–H and O–H groups in total. The average Bonchev–Trinajstić information content (AvgIpc) is 3.13. The summed E-state index contributed by atoms with van der Waals surface area (Å²) in [5.41, 5.74) is -0.383. The molecule has 0 aliphatic rings. The number of carbonyl (C=O) groups excluding carboxylic acids is 1. The van der Waals surface area contributed by atoms with Crippen LogP contribution >= 0.6 is 11.8 Å². The van der Waals surface area contributed by atoms with Gasteiger partial charge in [0.15, 0.2) is 10.7 Å². The molecule has 12 heteroatoms. The van der Waals surface area contributed by atoms with Crippen LogP contribution < -0.4 is 5.32 Å². The van der Waals surface area contributed by atoms with E-state index in [0.29, 0.717) is 5.75 Å². The van der Waals surface area contributed by atoms with E-state index in [0.717, 1.165) is 23.9 Å². The van der Waals surface area contributed by atoms with E-state index in [1.54, 1.807) is 6.07 Å². The van der Waals surface area contributed by atoms with E-state index in [1.165, 1.54) is 6.07 Å². The zero-order valence-corrected chi connectivity index (χ0v) is 15.0. The molecule has 0 radical (unpaired) electrons. The largest absolute Gasteiger partial charge is 0.411 e. The van der Waals surface area contributed by atoms with Crippen molar-refractivity contribution in [1.29, 1.82) is 5.26 Å². The van der Waals surface area contributed by atoms with E-state index in [9.17, 15) is 23.2 Å². The summed E-state index contributed by atoms with van der Waals surface area (Å²) >= 11 is 1.14. The molecule has 0 saturated heterocycles. The number of rotatable bonds is 9. The molecule has 1 aromatic heterocycles. The Morgan fingerprint density at radius 3 is 2.89 bits per heavy atom. The third-order valence-electron chi connectivity index (χ3n) is 3.42. The van der Waals surface area contributed by atoms with Crippen molar-refractivity contribution in [3.8, 4) is 6.07 Å². The highest BCUT2D eigenvalue weighted by molar-refractivity contribution is 7.99. The summed E-state index contributed by atoms with van der Waals surface area (Å²) in [6.07, 6.45) is -3.34. The number of hydrogen-bond acceptors (Lipinski definition) is 8. The van der Waals surface area contributed by atoms with Gasteiger partial charge >= 0.3 is 0 Å². The first kappa shape index (κ1) is 21.2. The lowest BCUT2D eigenvalue weighted by molar-refractivity contribution is -0.120. The van der Waals surface area contributed by atoms with Gasteiger partial charge in [0.2, 0.25) is 5.91 Å². The third-order valence-corrected chi connectivity index (χ3v) is 4.37. The highest BCUT2D eigenvalue weighted by Gasteiger charge is 2.20. The molecule has 148 valence electrons. The van der Waals surface area contributed by atoms with E-state index in [1.807, 2.05) is 0 Å². The third kappa shape index (κ3) is 5.71. The van der Waals surface area contributed by atoms with E-state index in [4.69, 9.17) is 5.26 Å². The summed E-state index contributed by atoms with van der Waals surface area (Å²) in [7, 11) is 0. The monoisotopic (exact) mass is 413 g/mol. The molecule has 28 heavy (non-hydrogen) atoms. The van der Waals surface area contributed by atoms with Crippen LogP contribution in [-0.2, 0) is 11.2 Å². The van der Waals surface area contributed by atoms with Gasteiger partial charge < -0.3 is 10.5 Å². The molecule has 0 unspecified atom stereocenters. The Labute approximate surface area is 161 Å². The second-order valence-corrected chi connectivity index (χ2v) is 6.41. The van der Waals surface area contributed by atoms with Crippen molar-refractivity contribution in [3.05, 3.63) is 40.8 Å². The number of alkyl halides is 2. The van der Waals surface area contributed by atoms with Crippen molar-refractivity contribution >= 4 is 23.4 Å². The standard InChI is InChI=1S/C16H14F3N5O3S/c17-11-2-1-9(7-10(11)15(18)19)8-12(22-26)14-16(24-27-23-14)28-6-5-21-13(25)3-4-20/h1-2,7,15,26H,3,5-6,8H2,(H,21,25). The lowest BCUT2D eigenvalue weighted by atomic mass is 10.0. The fourth-order valence-corrected chi connectivity index (χ4v) is 2.93. The Morgan fingerprint density at radius 2 is 2.21 bits per heavy atom. The molecular formula is C16H14F3N5O3S. The second-order valence-electron chi connectivity index (χ2n) is 5.33. The summed E-state index contributed by atoms with van der Waals surface area (Å²) in [6, 6.07) is 4.90. The minimum atomic E-state index is -2.98. The smallest absolute Gasteiger partial charge is 0.266 e. The number of halogens is 3. The predicted molar refractivity (Wildman–Crippen MR) is 91.6 cm³/mol. The normalized spacial score (nSPS) is 11.5. The van der Waals surface area contributed by atoms with Crippen LogP contribution in [0.1, 0.15) is 29.7 Å². The van der Waals surface area contributed by atoms with Gasteiger partial charge in [0.25, 0.3) is 6.43 Å². The van der Waals surface area contributed by atoms with Gasteiger partial charge in [-0.25, -0.2) is 17.8 Å². The number of carbonyl (C=O) groups is 1. The van der Waals surface area contributed by atoms with E-state index in [2.05, 4.69) is 25.4 Å². The summed E-state index contributed by atoms with van der Waals surface area (Å²) in [6.45, 7) is 0.249. The van der Waals surface area contributed by atoms with Crippen LogP contribution in [0.4, 0.5) is 13.2 Å². The van der Waals surface area contributed by atoms with Gasteiger partial charge in [-0.15, -0.1) is 0 Å². The number of amides is 1. The zero-order valence-electron chi connectivity index (χ0n) is 14.2. The fraction of sp³-hybridized carbons (Fsp3) is 0.312. The number of nitriles is 1. The van der Waals surface area contributed by atoms with Crippen molar-refractivity contribution in [2.45, 2.75) is 24.3 Å². The summed E-state index contributed by atoms with van der Waals surface area (Å²) in [5.74, 6) is -1.08. The van der Waals surface area contributed by atoms with E-state index in [-0.39, 0.29) is 41.4 Å². The lowest BCUT2D eigenvalue weighted by Gasteiger charge is -2.07. The number of nitrogens with one attached hydrogen (secondary N) is 1. The number of aromatic nitrogens is 2. The zero-order chi connectivity index (χ0) is 20.5.